The first-order chi connectivity index (χ1) is 10.0. The van der Waals surface area contributed by atoms with E-state index in [1.165, 1.54) is 0 Å². The lowest BCUT2D eigenvalue weighted by molar-refractivity contribution is 0.0697. The zero-order valence-corrected chi connectivity index (χ0v) is 12.3. The molecule has 1 aromatic heterocycles. The van der Waals surface area contributed by atoms with Crippen molar-refractivity contribution < 1.29 is 15.0 Å². The number of rotatable bonds is 5. The van der Waals surface area contributed by atoms with Gasteiger partial charge in [0.2, 0.25) is 0 Å². The Morgan fingerprint density at radius 3 is 2.71 bits per heavy atom. The monoisotopic (exact) mass is 288 g/mol. The smallest absolute Gasteiger partial charge is 0.335 e. The highest BCUT2D eigenvalue weighted by molar-refractivity contribution is 5.92. The lowest BCUT2D eigenvalue weighted by atomic mass is 10.0. The molecule has 1 fully saturated rings. The highest BCUT2D eigenvalue weighted by atomic mass is 16.4. The number of aromatic nitrogens is 2. The van der Waals surface area contributed by atoms with Gasteiger partial charge in [0.25, 0.3) is 0 Å². The van der Waals surface area contributed by atoms with Crippen molar-refractivity contribution in [1.82, 2.24) is 9.55 Å². The molecular weight excluding hydrogens is 268 g/mol. The quantitative estimate of drug-likeness (QED) is 0.887. The topological polar surface area (TPSA) is 75.3 Å². The number of fused-ring (bicyclic) bond motifs is 1. The Balaban J connectivity index is 2.15. The van der Waals surface area contributed by atoms with Crippen LogP contribution in [0, 0.1) is 5.92 Å². The van der Waals surface area contributed by atoms with Crippen molar-refractivity contribution >= 4 is 17.0 Å². The lowest BCUT2D eigenvalue weighted by Crippen LogP contribution is -2.19. The Morgan fingerprint density at radius 1 is 1.43 bits per heavy atom. The number of carboxylic acids is 1. The summed E-state index contributed by atoms with van der Waals surface area (Å²) >= 11 is 0. The van der Waals surface area contributed by atoms with Crippen LogP contribution in [-0.4, -0.2) is 32.3 Å². The Labute approximate surface area is 123 Å². The van der Waals surface area contributed by atoms with Gasteiger partial charge >= 0.3 is 5.97 Å². The zero-order valence-electron chi connectivity index (χ0n) is 12.3. The molecule has 3 rings (SSSR count). The van der Waals surface area contributed by atoms with Crippen LogP contribution in [-0.2, 0) is 0 Å². The SMILES string of the molecule is CC(CO)C(C)n1c(C2CC2)nc2cc(C(=O)O)ccc21. The lowest BCUT2D eigenvalue weighted by Gasteiger charge is -2.22. The second-order valence-electron chi connectivity index (χ2n) is 6.02. The molecule has 0 radical (unpaired) electrons. The summed E-state index contributed by atoms with van der Waals surface area (Å²) in [6, 6.07) is 5.22. The highest BCUT2D eigenvalue weighted by Gasteiger charge is 2.32. The summed E-state index contributed by atoms with van der Waals surface area (Å²) < 4.78 is 2.18. The molecule has 5 nitrogen and oxygen atoms in total. The molecule has 21 heavy (non-hydrogen) atoms. The fourth-order valence-corrected chi connectivity index (χ4v) is 2.71. The summed E-state index contributed by atoms with van der Waals surface area (Å²) in [5.74, 6) is 0.689. The van der Waals surface area contributed by atoms with Gasteiger partial charge in [-0.25, -0.2) is 9.78 Å². The number of carbonyl (C=O) groups is 1. The average molecular weight is 288 g/mol. The Morgan fingerprint density at radius 2 is 2.14 bits per heavy atom. The maximum atomic E-state index is 11.1. The first-order valence-corrected chi connectivity index (χ1v) is 7.39. The molecule has 0 amide bonds. The van der Waals surface area contributed by atoms with Gasteiger partial charge in [-0.3, -0.25) is 0 Å². The fourth-order valence-electron chi connectivity index (χ4n) is 2.71. The third-order valence-electron chi connectivity index (χ3n) is 4.42. The van der Waals surface area contributed by atoms with E-state index in [0.717, 1.165) is 29.7 Å². The van der Waals surface area contributed by atoms with Crippen LogP contribution in [0.2, 0.25) is 0 Å². The van der Waals surface area contributed by atoms with E-state index in [0.29, 0.717) is 5.92 Å². The molecule has 0 saturated heterocycles. The number of aliphatic hydroxyl groups is 1. The van der Waals surface area contributed by atoms with Gasteiger partial charge in [-0.2, -0.15) is 0 Å². The van der Waals surface area contributed by atoms with Crippen molar-refractivity contribution in [3.63, 3.8) is 0 Å². The summed E-state index contributed by atoms with van der Waals surface area (Å²) in [4.78, 5) is 15.8. The molecule has 2 unspecified atom stereocenters. The first-order valence-electron chi connectivity index (χ1n) is 7.39. The number of hydrogen-bond donors (Lipinski definition) is 2. The van der Waals surface area contributed by atoms with Crippen molar-refractivity contribution in [2.45, 2.75) is 38.6 Å². The third kappa shape index (κ3) is 2.42. The Hall–Kier alpha value is -1.88. The largest absolute Gasteiger partial charge is 0.478 e. The third-order valence-corrected chi connectivity index (χ3v) is 4.42. The van der Waals surface area contributed by atoms with E-state index in [-0.39, 0.29) is 24.1 Å². The van der Waals surface area contributed by atoms with Crippen LogP contribution in [0.25, 0.3) is 11.0 Å². The second-order valence-corrected chi connectivity index (χ2v) is 6.02. The molecule has 112 valence electrons. The molecule has 0 bridgehead atoms. The van der Waals surface area contributed by atoms with Crippen LogP contribution in [0.1, 0.15) is 54.8 Å². The van der Waals surface area contributed by atoms with Gasteiger partial charge < -0.3 is 14.8 Å². The van der Waals surface area contributed by atoms with Crippen molar-refractivity contribution in [3.8, 4) is 0 Å². The molecule has 1 aliphatic carbocycles. The standard InChI is InChI=1S/C16H20N2O3/c1-9(8-19)10(2)18-14-6-5-12(16(20)21)7-13(14)17-15(18)11-3-4-11/h5-7,9-11,19H,3-4,8H2,1-2H3,(H,20,21). The Bertz CT molecular complexity index is 688. The van der Waals surface area contributed by atoms with Gasteiger partial charge in [0.05, 0.1) is 16.6 Å². The molecule has 1 aromatic carbocycles. The van der Waals surface area contributed by atoms with Gasteiger partial charge in [-0.15, -0.1) is 0 Å². The van der Waals surface area contributed by atoms with Crippen LogP contribution in [0.3, 0.4) is 0 Å². The predicted molar refractivity (Wildman–Crippen MR) is 79.6 cm³/mol. The van der Waals surface area contributed by atoms with Crippen LogP contribution < -0.4 is 0 Å². The predicted octanol–water partition coefficient (Wildman–Crippen LogP) is 2.80. The number of aliphatic hydroxyl groups excluding tert-OH is 1. The molecule has 0 spiro atoms. The zero-order chi connectivity index (χ0) is 15.1. The van der Waals surface area contributed by atoms with Gasteiger partial charge in [-0.1, -0.05) is 6.92 Å². The normalized spacial score (nSPS) is 17.9. The molecule has 0 aliphatic heterocycles. The summed E-state index contributed by atoms with van der Waals surface area (Å²) in [7, 11) is 0. The number of aromatic carboxylic acids is 1. The van der Waals surface area contributed by atoms with Crippen molar-refractivity contribution in [1.29, 1.82) is 0 Å². The van der Waals surface area contributed by atoms with E-state index in [9.17, 15) is 9.90 Å². The number of hydrogen-bond acceptors (Lipinski definition) is 3. The molecular formula is C16H20N2O3. The van der Waals surface area contributed by atoms with Crippen LogP contribution in [0.15, 0.2) is 18.2 Å². The van der Waals surface area contributed by atoms with Gasteiger partial charge in [0, 0.05) is 18.6 Å². The average Bonchev–Trinajstić information content (AvgIpc) is 3.25. The van der Waals surface area contributed by atoms with E-state index in [4.69, 9.17) is 5.11 Å². The summed E-state index contributed by atoms with van der Waals surface area (Å²) in [5, 5.41) is 18.5. The van der Waals surface area contributed by atoms with Crippen molar-refractivity contribution in [2.75, 3.05) is 6.61 Å². The van der Waals surface area contributed by atoms with E-state index in [1.807, 2.05) is 13.0 Å². The summed E-state index contributed by atoms with van der Waals surface area (Å²) in [6.07, 6.45) is 2.27. The molecule has 1 aliphatic rings. The number of nitrogens with zero attached hydrogens (tertiary/aromatic N) is 2. The van der Waals surface area contributed by atoms with Crippen molar-refractivity contribution in [3.05, 3.63) is 29.6 Å². The van der Waals surface area contributed by atoms with Crippen LogP contribution >= 0.6 is 0 Å². The molecule has 2 N–H and O–H groups in total. The number of imidazole rings is 1. The van der Waals surface area contributed by atoms with E-state index >= 15 is 0 Å². The summed E-state index contributed by atoms with van der Waals surface area (Å²) in [6.45, 7) is 4.22. The molecule has 5 heteroatoms. The second kappa shape index (κ2) is 5.15. The van der Waals surface area contributed by atoms with Crippen LogP contribution in [0.5, 0.6) is 0 Å². The minimum absolute atomic E-state index is 0.123. The van der Waals surface area contributed by atoms with Gasteiger partial charge in [0.1, 0.15) is 5.82 Å². The maximum Gasteiger partial charge on any atom is 0.335 e. The maximum absolute atomic E-state index is 11.1. The highest BCUT2D eigenvalue weighted by Crippen LogP contribution is 2.42. The molecule has 1 heterocycles. The molecule has 1 saturated carbocycles. The van der Waals surface area contributed by atoms with Gasteiger partial charge in [0.15, 0.2) is 0 Å². The number of carboxylic acid groups (broad SMARTS) is 1. The Kier molecular flexibility index (Phi) is 3.45. The van der Waals surface area contributed by atoms with E-state index in [2.05, 4.69) is 16.5 Å². The first kappa shape index (κ1) is 14.1. The van der Waals surface area contributed by atoms with Crippen LogP contribution in [0.4, 0.5) is 0 Å². The molecule has 2 atom stereocenters. The van der Waals surface area contributed by atoms with Crippen molar-refractivity contribution in [2.24, 2.45) is 5.92 Å². The molecule has 2 aromatic rings. The van der Waals surface area contributed by atoms with E-state index in [1.54, 1.807) is 12.1 Å². The van der Waals surface area contributed by atoms with E-state index < -0.39 is 5.97 Å². The fraction of sp³-hybridized carbons (Fsp3) is 0.500. The minimum atomic E-state index is -0.934. The minimum Gasteiger partial charge on any atom is -0.478 e. The van der Waals surface area contributed by atoms with Gasteiger partial charge in [-0.05, 0) is 43.9 Å². The summed E-state index contributed by atoms with van der Waals surface area (Å²) in [5.41, 5.74) is 1.95. The number of benzene rings is 1.